The van der Waals surface area contributed by atoms with Crippen molar-refractivity contribution in [2.45, 2.75) is 6.92 Å². The predicted octanol–water partition coefficient (Wildman–Crippen LogP) is 5.84. The van der Waals surface area contributed by atoms with Gasteiger partial charge < -0.3 is 9.47 Å². The van der Waals surface area contributed by atoms with Crippen molar-refractivity contribution in [2.24, 2.45) is 0 Å². The van der Waals surface area contributed by atoms with E-state index < -0.39 is 6.16 Å². The van der Waals surface area contributed by atoms with Crippen molar-refractivity contribution >= 4 is 50.9 Å². The Morgan fingerprint density at radius 2 is 1.91 bits per heavy atom. The van der Waals surface area contributed by atoms with Gasteiger partial charge in [0.1, 0.15) is 0 Å². The Kier molecular flexibility index (Phi) is 4.10. The van der Waals surface area contributed by atoms with Gasteiger partial charge in [0.05, 0.1) is 11.6 Å². The molecule has 0 saturated heterocycles. The highest BCUT2D eigenvalue weighted by atomic mass is 35.5. The first-order valence-electron chi connectivity index (χ1n) is 6.75. The van der Waals surface area contributed by atoms with E-state index in [0.29, 0.717) is 26.6 Å². The largest absolute Gasteiger partial charge is 0.513 e. The quantitative estimate of drug-likeness (QED) is 0.335. The standard InChI is InChI=1S/C17H12Cl2O3/c1-2-21-17(20)22-16-13-9-12(18)7-6-10(13)8-11-4-3-5-14(19)15(11)16/h3-9H,2H2,1H3. The van der Waals surface area contributed by atoms with Crippen LogP contribution in [0, 0.1) is 0 Å². The van der Waals surface area contributed by atoms with Gasteiger partial charge in [-0.15, -0.1) is 0 Å². The van der Waals surface area contributed by atoms with Crippen LogP contribution in [0.2, 0.25) is 10.0 Å². The van der Waals surface area contributed by atoms with Crippen LogP contribution in [0.25, 0.3) is 21.5 Å². The first kappa shape index (κ1) is 14.9. The first-order chi connectivity index (χ1) is 10.6. The highest BCUT2D eigenvalue weighted by Crippen LogP contribution is 2.40. The Hall–Kier alpha value is -1.97. The molecule has 112 valence electrons. The van der Waals surface area contributed by atoms with Crippen molar-refractivity contribution < 1.29 is 14.3 Å². The van der Waals surface area contributed by atoms with E-state index in [0.717, 1.165) is 10.8 Å². The molecule has 22 heavy (non-hydrogen) atoms. The molecule has 0 aromatic heterocycles. The van der Waals surface area contributed by atoms with Gasteiger partial charge in [-0.3, -0.25) is 0 Å². The summed E-state index contributed by atoms with van der Waals surface area (Å²) in [6.45, 7) is 1.95. The molecule has 0 fully saturated rings. The van der Waals surface area contributed by atoms with Crippen LogP contribution in [0.3, 0.4) is 0 Å². The average Bonchev–Trinajstić information content (AvgIpc) is 2.48. The van der Waals surface area contributed by atoms with E-state index >= 15 is 0 Å². The molecule has 3 nitrogen and oxygen atoms in total. The third kappa shape index (κ3) is 2.70. The second-order valence-corrected chi connectivity index (χ2v) is 5.54. The summed E-state index contributed by atoms with van der Waals surface area (Å²) in [6.07, 6.45) is -0.767. The Morgan fingerprint density at radius 3 is 2.68 bits per heavy atom. The van der Waals surface area contributed by atoms with Gasteiger partial charge in [-0.2, -0.15) is 0 Å². The van der Waals surface area contributed by atoms with E-state index in [2.05, 4.69) is 0 Å². The van der Waals surface area contributed by atoms with Crippen LogP contribution in [0.1, 0.15) is 6.92 Å². The molecule has 0 atom stereocenters. The minimum Gasteiger partial charge on any atom is -0.434 e. The fraction of sp³-hybridized carbons (Fsp3) is 0.118. The van der Waals surface area contributed by atoms with E-state index in [9.17, 15) is 4.79 Å². The smallest absolute Gasteiger partial charge is 0.434 e. The van der Waals surface area contributed by atoms with Crippen LogP contribution in [0.4, 0.5) is 4.79 Å². The van der Waals surface area contributed by atoms with E-state index in [-0.39, 0.29) is 6.61 Å². The average molecular weight is 335 g/mol. The van der Waals surface area contributed by atoms with E-state index in [1.807, 2.05) is 24.3 Å². The maximum atomic E-state index is 11.8. The van der Waals surface area contributed by atoms with Gasteiger partial charge in [-0.25, -0.2) is 4.79 Å². The topological polar surface area (TPSA) is 35.5 Å². The van der Waals surface area contributed by atoms with Gasteiger partial charge in [0.2, 0.25) is 0 Å². The molecule has 0 radical (unpaired) electrons. The third-order valence-electron chi connectivity index (χ3n) is 3.29. The fourth-order valence-corrected chi connectivity index (χ4v) is 2.83. The van der Waals surface area contributed by atoms with Crippen molar-refractivity contribution in [1.82, 2.24) is 0 Å². The first-order valence-corrected chi connectivity index (χ1v) is 7.51. The van der Waals surface area contributed by atoms with Gasteiger partial charge in [0.15, 0.2) is 5.75 Å². The normalized spacial score (nSPS) is 10.9. The molecule has 0 saturated carbocycles. The summed E-state index contributed by atoms with van der Waals surface area (Å²) < 4.78 is 10.3. The number of fused-ring (bicyclic) bond motifs is 2. The second kappa shape index (κ2) is 6.03. The van der Waals surface area contributed by atoms with Gasteiger partial charge in [-0.1, -0.05) is 41.4 Å². The monoisotopic (exact) mass is 334 g/mol. The molecule has 0 bridgehead atoms. The van der Waals surface area contributed by atoms with E-state index in [1.165, 1.54) is 0 Å². The summed E-state index contributed by atoms with van der Waals surface area (Å²) in [6, 6.07) is 12.9. The molecule has 0 spiro atoms. The Labute approximate surface area is 137 Å². The number of halogens is 2. The zero-order valence-electron chi connectivity index (χ0n) is 11.7. The van der Waals surface area contributed by atoms with Gasteiger partial charge in [-0.05, 0) is 42.0 Å². The van der Waals surface area contributed by atoms with Crippen molar-refractivity contribution in [3.05, 3.63) is 52.5 Å². The lowest BCUT2D eigenvalue weighted by atomic mass is 10.0. The summed E-state index contributed by atoms with van der Waals surface area (Å²) in [4.78, 5) is 11.8. The van der Waals surface area contributed by atoms with Crippen molar-refractivity contribution in [3.63, 3.8) is 0 Å². The van der Waals surface area contributed by atoms with Crippen LogP contribution in [0.5, 0.6) is 5.75 Å². The number of ether oxygens (including phenoxy) is 2. The number of carbonyl (C=O) groups is 1. The van der Waals surface area contributed by atoms with Crippen molar-refractivity contribution in [1.29, 1.82) is 0 Å². The second-order valence-electron chi connectivity index (χ2n) is 4.69. The molecule has 3 aromatic carbocycles. The summed E-state index contributed by atoms with van der Waals surface area (Å²) in [5, 5.41) is 4.19. The fourth-order valence-electron chi connectivity index (χ4n) is 2.39. The maximum absolute atomic E-state index is 11.8. The highest BCUT2D eigenvalue weighted by Gasteiger charge is 2.16. The molecule has 0 aliphatic carbocycles. The van der Waals surface area contributed by atoms with Crippen molar-refractivity contribution in [2.75, 3.05) is 6.61 Å². The number of carbonyl (C=O) groups excluding carboxylic acids is 1. The molecular formula is C17H12Cl2O3. The molecule has 0 amide bonds. The Balaban J connectivity index is 2.34. The summed E-state index contributed by atoms with van der Waals surface area (Å²) >= 11 is 12.4. The minimum absolute atomic E-state index is 0.232. The third-order valence-corrected chi connectivity index (χ3v) is 3.84. The number of hydrogen-bond acceptors (Lipinski definition) is 3. The van der Waals surface area contributed by atoms with Crippen LogP contribution >= 0.6 is 23.2 Å². The van der Waals surface area contributed by atoms with Gasteiger partial charge in [0, 0.05) is 15.8 Å². The van der Waals surface area contributed by atoms with Crippen LogP contribution in [-0.4, -0.2) is 12.8 Å². The number of hydrogen-bond donors (Lipinski definition) is 0. The van der Waals surface area contributed by atoms with E-state index in [4.69, 9.17) is 32.7 Å². The Bertz CT molecular complexity index is 875. The lowest BCUT2D eigenvalue weighted by Crippen LogP contribution is -2.10. The highest BCUT2D eigenvalue weighted by molar-refractivity contribution is 6.37. The molecule has 3 aromatic rings. The van der Waals surface area contributed by atoms with E-state index in [1.54, 1.807) is 25.1 Å². The summed E-state index contributed by atoms with van der Waals surface area (Å²) in [5.74, 6) is 0.360. The van der Waals surface area contributed by atoms with Crippen LogP contribution in [0.15, 0.2) is 42.5 Å². The predicted molar refractivity (Wildman–Crippen MR) is 89.1 cm³/mol. The number of benzene rings is 3. The van der Waals surface area contributed by atoms with Gasteiger partial charge in [0.25, 0.3) is 0 Å². The van der Waals surface area contributed by atoms with Crippen LogP contribution < -0.4 is 4.74 Å². The minimum atomic E-state index is -0.767. The molecule has 3 rings (SSSR count). The lowest BCUT2D eigenvalue weighted by molar-refractivity contribution is 0.105. The van der Waals surface area contributed by atoms with Crippen LogP contribution in [-0.2, 0) is 4.74 Å². The SMILES string of the molecule is CCOC(=O)Oc1c2cc(Cl)ccc2cc2cccc(Cl)c12. The zero-order chi connectivity index (χ0) is 15.7. The molecule has 0 aliphatic rings. The zero-order valence-corrected chi connectivity index (χ0v) is 13.2. The molecular weight excluding hydrogens is 323 g/mol. The van der Waals surface area contributed by atoms with Gasteiger partial charge >= 0.3 is 6.16 Å². The molecule has 0 unspecified atom stereocenters. The molecule has 0 aliphatic heterocycles. The Morgan fingerprint density at radius 1 is 1.09 bits per heavy atom. The molecule has 5 heteroatoms. The maximum Gasteiger partial charge on any atom is 0.513 e. The molecule has 0 heterocycles. The summed E-state index contributed by atoms with van der Waals surface area (Å²) in [5.41, 5.74) is 0. The number of rotatable bonds is 2. The molecule has 0 N–H and O–H groups in total. The lowest BCUT2D eigenvalue weighted by Gasteiger charge is -2.13. The summed E-state index contributed by atoms with van der Waals surface area (Å²) in [7, 11) is 0. The van der Waals surface area contributed by atoms with Crippen molar-refractivity contribution in [3.8, 4) is 5.75 Å².